The summed E-state index contributed by atoms with van der Waals surface area (Å²) in [7, 11) is 0. The van der Waals surface area contributed by atoms with Gasteiger partial charge in [-0.25, -0.2) is 4.98 Å². The van der Waals surface area contributed by atoms with Crippen LogP contribution in [-0.2, 0) is 27.8 Å². The summed E-state index contributed by atoms with van der Waals surface area (Å²) in [5.41, 5.74) is 3.98. The molecule has 1 N–H and O–H groups in total. The van der Waals surface area contributed by atoms with Gasteiger partial charge in [-0.1, -0.05) is 73.0 Å². The number of fused-ring (bicyclic) bond motifs is 3. The number of pyridine rings is 1. The van der Waals surface area contributed by atoms with Crippen LogP contribution in [0.1, 0.15) is 53.5 Å². The number of amidine groups is 1. The van der Waals surface area contributed by atoms with Gasteiger partial charge in [0.2, 0.25) is 5.91 Å². The molecule has 1 aromatic heterocycles. The third-order valence-corrected chi connectivity index (χ3v) is 8.90. The fourth-order valence-corrected chi connectivity index (χ4v) is 6.87. The Hall–Kier alpha value is -3.77. The molecule has 6 nitrogen and oxygen atoms in total. The number of carbonyl (C=O) groups excluding carboxylic acids is 2. The molecule has 0 saturated heterocycles. The predicted octanol–water partition coefficient (Wildman–Crippen LogP) is 5.34. The minimum Gasteiger partial charge on any atom is -0.310 e. The monoisotopic (exact) mass is 522 g/mol. The lowest BCUT2D eigenvalue weighted by atomic mass is 9.79. The quantitative estimate of drug-likeness (QED) is 0.502. The SMILES string of the molecule is O=C1N(CC=Cc2ccc3c(c2)C[C@@]2(C3)C(=O)Nc3ncccc32)C(c2ccccc2Cl)=NC12CCCC2. The molecule has 2 aliphatic carbocycles. The van der Waals surface area contributed by atoms with E-state index in [0.717, 1.165) is 42.4 Å². The highest BCUT2D eigenvalue weighted by Crippen LogP contribution is 2.46. The number of aromatic nitrogens is 1. The third kappa shape index (κ3) is 3.47. The van der Waals surface area contributed by atoms with Gasteiger partial charge in [-0.2, -0.15) is 0 Å². The van der Waals surface area contributed by atoms with Crippen LogP contribution >= 0.6 is 11.6 Å². The molecule has 2 spiro atoms. The van der Waals surface area contributed by atoms with Gasteiger partial charge in [-0.3, -0.25) is 19.5 Å². The van der Waals surface area contributed by atoms with E-state index in [0.29, 0.717) is 36.1 Å². The smallest absolute Gasteiger partial charge is 0.256 e. The van der Waals surface area contributed by atoms with E-state index in [1.807, 2.05) is 48.6 Å². The van der Waals surface area contributed by atoms with Crippen LogP contribution in [-0.4, -0.2) is 39.6 Å². The van der Waals surface area contributed by atoms with Crippen molar-refractivity contribution in [2.45, 2.75) is 49.5 Å². The average Bonchev–Trinajstić information content (AvgIpc) is 3.67. The Bertz CT molecular complexity index is 1550. The predicted molar refractivity (Wildman–Crippen MR) is 148 cm³/mol. The van der Waals surface area contributed by atoms with Crippen LogP contribution in [0.15, 0.2) is 71.9 Å². The first kappa shape index (κ1) is 23.4. The molecule has 4 aliphatic rings. The number of carbonyl (C=O) groups is 2. The largest absolute Gasteiger partial charge is 0.310 e. The number of rotatable bonds is 4. The van der Waals surface area contributed by atoms with E-state index < -0.39 is 11.0 Å². The topological polar surface area (TPSA) is 74.7 Å². The Labute approximate surface area is 226 Å². The molecule has 2 aromatic carbocycles. The molecule has 38 heavy (non-hydrogen) atoms. The molecule has 1 saturated carbocycles. The van der Waals surface area contributed by atoms with E-state index in [1.165, 1.54) is 11.1 Å². The van der Waals surface area contributed by atoms with Crippen molar-refractivity contribution < 1.29 is 9.59 Å². The van der Waals surface area contributed by atoms with Gasteiger partial charge in [0.15, 0.2) is 0 Å². The first-order valence-corrected chi connectivity index (χ1v) is 13.6. The molecule has 2 amide bonds. The molecule has 3 heterocycles. The van der Waals surface area contributed by atoms with E-state index in [4.69, 9.17) is 16.6 Å². The second kappa shape index (κ2) is 8.63. The molecule has 2 aliphatic heterocycles. The zero-order valence-corrected chi connectivity index (χ0v) is 21.7. The first-order valence-electron chi connectivity index (χ1n) is 13.2. The lowest BCUT2D eigenvalue weighted by Crippen LogP contribution is -2.41. The molecular weight excluding hydrogens is 496 g/mol. The number of nitrogens with zero attached hydrogens (tertiary/aromatic N) is 3. The summed E-state index contributed by atoms with van der Waals surface area (Å²) in [6, 6.07) is 17.9. The summed E-state index contributed by atoms with van der Waals surface area (Å²) < 4.78 is 0. The molecule has 190 valence electrons. The number of benzene rings is 2. The van der Waals surface area contributed by atoms with Gasteiger partial charge in [0.25, 0.3) is 5.91 Å². The zero-order valence-electron chi connectivity index (χ0n) is 20.9. The van der Waals surface area contributed by atoms with Crippen molar-refractivity contribution in [2.24, 2.45) is 4.99 Å². The first-order chi connectivity index (χ1) is 18.5. The molecule has 0 unspecified atom stereocenters. The minimum atomic E-state index is -0.642. The number of hydrogen-bond donors (Lipinski definition) is 1. The van der Waals surface area contributed by atoms with E-state index >= 15 is 0 Å². The van der Waals surface area contributed by atoms with Crippen molar-refractivity contribution in [2.75, 3.05) is 11.9 Å². The standard InChI is InChI=1S/C31H27ClN4O2/c32-25-10-2-1-8-23(25)27-35-31(13-3-4-14-31)29(38)36(27)16-6-7-20-11-12-21-18-30(19-22(21)17-20)24-9-5-15-33-26(24)34-28(30)37/h1-2,5-12,15,17H,3-4,13-14,16,18-19H2,(H,33,34,37)/t30-/m1/s1. The van der Waals surface area contributed by atoms with Gasteiger partial charge in [0.05, 0.1) is 10.4 Å². The number of anilines is 1. The maximum atomic E-state index is 13.6. The Morgan fingerprint density at radius 2 is 1.82 bits per heavy atom. The summed E-state index contributed by atoms with van der Waals surface area (Å²) >= 11 is 6.52. The zero-order chi connectivity index (χ0) is 25.9. The molecular formula is C31H27ClN4O2. The van der Waals surface area contributed by atoms with Crippen LogP contribution in [0, 0.1) is 0 Å². The summed E-state index contributed by atoms with van der Waals surface area (Å²) in [5, 5.41) is 3.57. The minimum absolute atomic E-state index is 0.0271. The van der Waals surface area contributed by atoms with Crippen molar-refractivity contribution in [3.8, 4) is 0 Å². The average molecular weight is 523 g/mol. The van der Waals surface area contributed by atoms with Gasteiger partial charge < -0.3 is 5.32 Å². The second-order valence-electron chi connectivity index (χ2n) is 10.8. The molecule has 7 rings (SSSR count). The van der Waals surface area contributed by atoms with Gasteiger partial charge in [0, 0.05) is 23.9 Å². The fraction of sp³-hybridized carbons (Fsp3) is 0.290. The van der Waals surface area contributed by atoms with Crippen molar-refractivity contribution in [1.82, 2.24) is 9.88 Å². The van der Waals surface area contributed by atoms with Crippen LogP contribution in [0.25, 0.3) is 6.08 Å². The van der Waals surface area contributed by atoms with Crippen molar-refractivity contribution >= 4 is 41.1 Å². The molecule has 1 atom stereocenters. The second-order valence-corrected chi connectivity index (χ2v) is 11.2. The summed E-state index contributed by atoms with van der Waals surface area (Å²) in [6.07, 6.45) is 10.7. The van der Waals surface area contributed by atoms with Crippen molar-refractivity contribution in [3.63, 3.8) is 0 Å². The molecule has 0 radical (unpaired) electrons. The van der Waals surface area contributed by atoms with Gasteiger partial charge in [-0.15, -0.1) is 0 Å². The maximum absolute atomic E-state index is 13.6. The lowest BCUT2D eigenvalue weighted by Gasteiger charge is -2.21. The lowest BCUT2D eigenvalue weighted by molar-refractivity contribution is -0.130. The molecule has 7 heteroatoms. The highest BCUT2D eigenvalue weighted by atomic mass is 35.5. The fourth-order valence-electron chi connectivity index (χ4n) is 6.65. The number of aliphatic imine (C=N–C) groups is 1. The summed E-state index contributed by atoms with van der Waals surface area (Å²) in [6.45, 7) is 0.424. The van der Waals surface area contributed by atoms with Crippen molar-refractivity contribution in [1.29, 1.82) is 0 Å². The third-order valence-electron chi connectivity index (χ3n) is 8.57. The molecule has 3 aromatic rings. The summed E-state index contributed by atoms with van der Waals surface area (Å²) in [5.74, 6) is 1.45. The molecule has 0 bridgehead atoms. The highest BCUT2D eigenvalue weighted by Gasteiger charge is 2.51. The highest BCUT2D eigenvalue weighted by molar-refractivity contribution is 6.35. The number of halogens is 1. The van der Waals surface area contributed by atoms with Gasteiger partial charge >= 0.3 is 0 Å². The Morgan fingerprint density at radius 1 is 1.00 bits per heavy atom. The van der Waals surface area contributed by atoms with E-state index in [9.17, 15) is 9.59 Å². The normalized spacial score (nSPS) is 23.0. The Morgan fingerprint density at radius 3 is 2.66 bits per heavy atom. The number of amides is 2. The van der Waals surface area contributed by atoms with E-state index in [-0.39, 0.29) is 11.8 Å². The van der Waals surface area contributed by atoms with Crippen LogP contribution in [0.2, 0.25) is 5.02 Å². The van der Waals surface area contributed by atoms with Crippen LogP contribution in [0.4, 0.5) is 5.82 Å². The molecule has 1 fully saturated rings. The maximum Gasteiger partial charge on any atom is 0.256 e. The number of hydrogen-bond acceptors (Lipinski definition) is 4. The van der Waals surface area contributed by atoms with Crippen LogP contribution < -0.4 is 5.32 Å². The van der Waals surface area contributed by atoms with Crippen LogP contribution in [0.3, 0.4) is 0 Å². The van der Waals surface area contributed by atoms with E-state index in [1.54, 1.807) is 11.1 Å². The van der Waals surface area contributed by atoms with Crippen LogP contribution in [0.5, 0.6) is 0 Å². The van der Waals surface area contributed by atoms with Crippen molar-refractivity contribution in [3.05, 3.63) is 99.7 Å². The Balaban J connectivity index is 1.14. The van der Waals surface area contributed by atoms with E-state index in [2.05, 4.69) is 28.5 Å². The number of nitrogens with one attached hydrogen (secondary N) is 1. The van der Waals surface area contributed by atoms with Gasteiger partial charge in [0.1, 0.15) is 17.2 Å². The summed E-state index contributed by atoms with van der Waals surface area (Å²) in [4.78, 5) is 37.7. The van der Waals surface area contributed by atoms with Gasteiger partial charge in [-0.05, 0) is 60.6 Å². The Kier molecular flexibility index (Phi) is 5.31.